The van der Waals surface area contributed by atoms with E-state index in [1.54, 1.807) is 7.11 Å². The van der Waals surface area contributed by atoms with Crippen LogP contribution in [0.15, 0.2) is 24.3 Å². The standard InChI is InChI=1S/C12H20NO/c1-5-13(3,6-2)11-9-7-8-10-12(11)14-4/h7-10H,5-6H2,1-4H3/q+1. The second-order valence-electron chi connectivity index (χ2n) is 3.70. The summed E-state index contributed by atoms with van der Waals surface area (Å²) in [6, 6.07) is 8.25. The summed E-state index contributed by atoms with van der Waals surface area (Å²) in [7, 11) is 3.96. The van der Waals surface area contributed by atoms with Crippen LogP contribution in [0.4, 0.5) is 5.69 Å². The molecule has 0 aliphatic heterocycles. The number of para-hydroxylation sites is 2. The molecule has 0 N–H and O–H groups in total. The van der Waals surface area contributed by atoms with Crippen LogP contribution < -0.4 is 9.22 Å². The van der Waals surface area contributed by atoms with Gasteiger partial charge in [0.15, 0.2) is 11.4 Å². The van der Waals surface area contributed by atoms with Crippen LogP contribution in [0, 0.1) is 0 Å². The number of ether oxygens (including phenoxy) is 1. The molecule has 0 radical (unpaired) electrons. The van der Waals surface area contributed by atoms with Gasteiger partial charge in [0.2, 0.25) is 0 Å². The monoisotopic (exact) mass is 194 g/mol. The highest BCUT2D eigenvalue weighted by Gasteiger charge is 2.23. The van der Waals surface area contributed by atoms with Crippen molar-refractivity contribution in [2.45, 2.75) is 13.8 Å². The van der Waals surface area contributed by atoms with Crippen molar-refractivity contribution in [3.05, 3.63) is 24.3 Å². The van der Waals surface area contributed by atoms with Crippen LogP contribution >= 0.6 is 0 Å². The molecule has 0 saturated carbocycles. The molecule has 0 unspecified atom stereocenters. The second kappa shape index (κ2) is 4.47. The first-order valence-corrected chi connectivity index (χ1v) is 5.16. The molecule has 0 heterocycles. The first-order valence-electron chi connectivity index (χ1n) is 5.16. The fourth-order valence-electron chi connectivity index (χ4n) is 1.64. The van der Waals surface area contributed by atoms with Crippen molar-refractivity contribution in [2.24, 2.45) is 0 Å². The Hall–Kier alpha value is -1.02. The van der Waals surface area contributed by atoms with Crippen LogP contribution in [0.2, 0.25) is 0 Å². The molecule has 2 nitrogen and oxygen atoms in total. The minimum Gasteiger partial charge on any atom is -0.491 e. The van der Waals surface area contributed by atoms with Gasteiger partial charge in [-0.3, -0.25) is 4.48 Å². The molecule has 1 aromatic rings. The van der Waals surface area contributed by atoms with Gasteiger partial charge in [-0.25, -0.2) is 0 Å². The maximum atomic E-state index is 5.38. The lowest BCUT2D eigenvalue weighted by Gasteiger charge is -2.32. The Morgan fingerprint density at radius 3 is 2.21 bits per heavy atom. The Morgan fingerprint density at radius 1 is 1.14 bits per heavy atom. The summed E-state index contributed by atoms with van der Waals surface area (Å²) >= 11 is 0. The Kier molecular flexibility index (Phi) is 3.53. The highest BCUT2D eigenvalue weighted by molar-refractivity contribution is 5.55. The van der Waals surface area contributed by atoms with Crippen molar-refractivity contribution in [3.8, 4) is 5.75 Å². The van der Waals surface area contributed by atoms with Gasteiger partial charge in [-0.1, -0.05) is 12.1 Å². The zero-order chi connectivity index (χ0) is 10.6. The molecule has 0 bridgehead atoms. The third-order valence-electron chi connectivity index (χ3n) is 3.06. The molecule has 0 saturated heterocycles. The summed E-state index contributed by atoms with van der Waals surface area (Å²) in [5, 5.41) is 0. The van der Waals surface area contributed by atoms with Gasteiger partial charge in [0, 0.05) is 6.07 Å². The Morgan fingerprint density at radius 2 is 1.71 bits per heavy atom. The molecule has 78 valence electrons. The first-order chi connectivity index (χ1) is 6.68. The minimum atomic E-state index is 0.921. The van der Waals surface area contributed by atoms with E-state index in [0.717, 1.165) is 23.3 Å². The van der Waals surface area contributed by atoms with Gasteiger partial charge < -0.3 is 4.74 Å². The molecular formula is C12H20NO+. The number of hydrogen-bond acceptors (Lipinski definition) is 1. The highest BCUT2D eigenvalue weighted by Crippen LogP contribution is 2.31. The first kappa shape index (κ1) is 11.1. The summed E-state index contributed by atoms with van der Waals surface area (Å²) < 4.78 is 6.30. The molecule has 0 fully saturated rings. The maximum Gasteiger partial charge on any atom is 0.179 e. The molecule has 0 aliphatic rings. The van der Waals surface area contributed by atoms with E-state index in [1.807, 2.05) is 12.1 Å². The smallest absolute Gasteiger partial charge is 0.179 e. The molecule has 0 amide bonds. The summed E-state index contributed by atoms with van der Waals surface area (Å²) in [4.78, 5) is 0. The van der Waals surface area contributed by atoms with Crippen LogP contribution in [0.5, 0.6) is 5.75 Å². The number of quaternary nitrogens is 1. The number of hydrogen-bond donors (Lipinski definition) is 0. The zero-order valence-electron chi connectivity index (χ0n) is 9.58. The van der Waals surface area contributed by atoms with E-state index in [0.29, 0.717) is 0 Å². The number of rotatable bonds is 4. The normalized spacial score (nSPS) is 11.4. The SMILES string of the molecule is CC[N+](C)(CC)c1ccccc1OC. The number of benzene rings is 1. The molecule has 1 rings (SSSR count). The van der Waals surface area contributed by atoms with Crippen molar-refractivity contribution in [1.82, 2.24) is 4.48 Å². The van der Waals surface area contributed by atoms with Gasteiger partial charge in [0.1, 0.15) is 0 Å². The Labute approximate surface area is 86.7 Å². The lowest BCUT2D eigenvalue weighted by atomic mass is 10.2. The van der Waals surface area contributed by atoms with Crippen molar-refractivity contribution >= 4 is 5.69 Å². The van der Waals surface area contributed by atoms with Crippen LogP contribution in [0.1, 0.15) is 13.8 Å². The van der Waals surface area contributed by atoms with Gasteiger partial charge in [0.25, 0.3) is 0 Å². The quantitative estimate of drug-likeness (QED) is 0.670. The van der Waals surface area contributed by atoms with E-state index in [-0.39, 0.29) is 0 Å². The Bertz CT molecular complexity index is 292. The number of methoxy groups -OCH3 is 1. The van der Waals surface area contributed by atoms with Crippen LogP contribution in [-0.2, 0) is 0 Å². The van der Waals surface area contributed by atoms with Crippen molar-refractivity contribution in [1.29, 1.82) is 0 Å². The number of nitrogens with zero attached hydrogens (tertiary/aromatic N) is 1. The summed E-state index contributed by atoms with van der Waals surface area (Å²) in [6.07, 6.45) is 0. The summed E-state index contributed by atoms with van der Waals surface area (Å²) in [5.74, 6) is 0.985. The zero-order valence-corrected chi connectivity index (χ0v) is 9.58. The lowest BCUT2D eigenvalue weighted by molar-refractivity contribution is 0.338. The van der Waals surface area contributed by atoms with Crippen molar-refractivity contribution < 1.29 is 4.74 Å². The third kappa shape index (κ3) is 1.90. The average Bonchev–Trinajstić information content (AvgIpc) is 2.28. The van der Waals surface area contributed by atoms with Gasteiger partial charge in [-0.15, -0.1) is 0 Å². The minimum absolute atomic E-state index is 0.921. The maximum absolute atomic E-state index is 5.38. The molecule has 0 spiro atoms. The average molecular weight is 194 g/mol. The fourth-order valence-corrected chi connectivity index (χ4v) is 1.64. The van der Waals surface area contributed by atoms with E-state index < -0.39 is 0 Å². The Balaban J connectivity index is 3.15. The van der Waals surface area contributed by atoms with Crippen LogP contribution in [-0.4, -0.2) is 27.2 Å². The predicted molar refractivity (Wildman–Crippen MR) is 61.8 cm³/mol. The van der Waals surface area contributed by atoms with E-state index in [4.69, 9.17) is 4.74 Å². The van der Waals surface area contributed by atoms with E-state index in [1.165, 1.54) is 5.69 Å². The van der Waals surface area contributed by atoms with Gasteiger partial charge in [0.05, 0.1) is 27.2 Å². The molecule has 1 aromatic carbocycles. The molecular weight excluding hydrogens is 174 g/mol. The lowest BCUT2D eigenvalue weighted by Crippen LogP contribution is -2.44. The van der Waals surface area contributed by atoms with Crippen molar-refractivity contribution in [2.75, 3.05) is 27.2 Å². The molecule has 0 atom stereocenters. The van der Waals surface area contributed by atoms with E-state index >= 15 is 0 Å². The van der Waals surface area contributed by atoms with Gasteiger partial charge in [-0.05, 0) is 19.9 Å². The molecule has 14 heavy (non-hydrogen) atoms. The van der Waals surface area contributed by atoms with E-state index in [9.17, 15) is 0 Å². The predicted octanol–water partition coefficient (Wildman–Crippen LogP) is 2.67. The third-order valence-corrected chi connectivity index (χ3v) is 3.06. The fraction of sp³-hybridized carbons (Fsp3) is 0.500. The summed E-state index contributed by atoms with van der Waals surface area (Å²) in [6.45, 7) is 6.57. The largest absolute Gasteiger partial charge is 0.491 e. The van der Waals surface area contributed by atoms with Crippen LogP contribution in [0.3, 0.4) is 0 Å². The molecule has 0 aliphatic carbocycles. The topological polar surface area (TPSA) is 9.23 Å². The molecule has 2 heteroatoms. The van der Waals surface area contributed by atoms with Crippen LogP contribution in [0.25, 0.3) is 0 Å². The second-order valence-corrected chi connectivity index (χ2v) is 3.70. The van der Waals surface area contributed by atoms with Gasteiger partial charge >= 0.3 is 0 Å². The summed E-state index contributed by atoms with van der Waals surface area (Å²) in [5.41, 5.74) is 1.26. The van der Waals surface area contributed by atoms with Crippen molar-refractivity contribution in [3.63, 3.8) is 0 Å². The highest BCUT2D eigenvalue weighted by atomic mass is 16.5. The molecule has 0 aromatic heterocycles. The van der Waals surface area contributed by atoms with Gasteiger partial charge in [-0.2, -0.15) is 0 Å². The van der Waals surface area contributed by atoms with E-state index in [2.05, 4.69) is 33.0 Å².